The molecule has 0 saturated carbocycles. The maximum absolute atomic E-state index is 13.0. The molecule has 3 heterocycles. The second-order valence-electron chi connectivity index (χ2n) is 6.43. The summed E-state index contributed by atoms with van der Waals surface area (Å²) in [4.78, 5) is 31.2. The number of aromatic nitrogens is 2. The fourth-order valence-electron chi connectivity index (χ4n) is 3.65. The molecule has 1 aromatic heterocycles. The largest absolute Gasteiger partial charge is 0.348 e. The number of carbonyl (C=O) groups is 1. The zero-order chi connectivity index (χ0) is 17.2. The van der Waals surface area contributed by atoms with Crippen molar-refractivity contribution in [1.29, 1.82) is 0 Å². The predicted molar refractivity (Wildman–Crippen MR) is 91.0 cm³/mol. The third-order valence-corrected chi connectivity index (χ3v) is 4.88. The van der Waals surface area contributed by atoms with Crippen molar-refractivity contribution in [2.24, 2.45) is 0 Å². The van der Waals surface area contributed by atoms with Gasteiger partial charge in [0.25, 0.3) is 5.56 Å². The standard InChI is InChI=1S/C18H21N3O4/c22-16-11-19-13-5-1-2-6-14(13)21(16)12-17(23)20-8-4-3-7-15(20)18-24-9-10-25-18/h1-2,5-6,11,15,18H,3-4,7-10,12H2. The molecule has 0 N–H and O–H groups in total. The second-order valence-corrected chi connectivity index (χ2v) is 6.43. The Hall–Kier alpha value is -2.25. The number of rotatable bonds is 3. The van der Waals surface area contributed by atoms with Crippen molar-refractivity contribution in [2.75, 3.05) is 19.8 Å². The molecule has 7 heteroatoms. The molecule has 2 aliphatic rings. The predicted octanol–water partition coefficient (Wildman–Crippen LogP) is 1.15. The van der Waals surface area contributed by atoms with E-state index in [1.165, 1.54) is 10.8 Å². The normalized spacial score (nSPS) is 21.8. The van der Waals surface area contributed by atoms with Crippen LogP contribution in [-0.2, 0) is 20.8 Å². The van der Waals surface area contributed by atoms with E-state index in [2.05, 4.69) is 4.98 Å². The number of likely N-dealkylation sites (tertiary alicyclic amines) is 1. The van der Waals surface area contributed by atoms with Gasteiger partial charge in [0, 0.05) is 6.54 Å². The van der Waals surface area contributed by atoms with Gasteiger partial charge in [0.1, 0.15) is 6.54 Å². The highest BCUT2D eigenvalue weighted by molar-refractivity contribution is 5.80. The summed E-state index contributed by atoms with van der Waals surface area (Å²) >= 11 is 0. The molecule has 25 heavy (non-hydrogen) atoms. The highest BCUT2D eigenvalue weighted by Crippen LogP contribution is 2.24. The lowest BCUT2D eigenvalue weighted by Crippen LogP contribution is -2.51. The summed E-state index contributed by atoms with van der Waals surface area (Å²) in [5, 5.41) is 0. The number of nitrogens with zero attached hydrogens (tertiary/aromatic N) is 3. The lowest BCUT2D eigenvalue weighted by Gasteiger charge is -2.38. The van der Waals surface area contributed by atoms with Crippen molar-refractivity contribution in [3.63, 3.8) is 0 Å². The molecule has 7 nitrogen and oxygen atoms in total. The van der Waals surface area contributed by atoms with Gasteiger partial charge in [0.2, 0.25) is 5.91 Å². The van der Waals surface area contributed by atoms with Gasteiger partial charge in [-0.05, 0) is 31.4 Å². The van der Waals surface area contributed by atoms with Gasteiger partial charge in [-0.1, -0.05) is 12.1 Å². The first kappa shape index (κ1) is 16.2. The monoisotopic (exact) mass is 343 g/mol. The van der Waals surface area contributed by atoms with Crippen LogP contribution in [0.15, 0.2) is 35.3 Å². The summed E-state index contributed by atoms with van der Waals surface area (Å²) in [5.74, 6) is -0.0812. The molecule has 4 rings (SSSR count). The summed E-state index contributed by atoms with van der Waals surface area (Å²) in [6, 6.07) is 7.27. The lowest BCUT2D eigenvalue weighted by atomic mass is 10.0. The Bertz CT molecular complexity index is 828. The Morgan fingerprint density at radius 2 is 2.00 bits per heavy atom. The number of hydrogen-bond donors (Lipinski definition) is 0. The second kappa shape index (κ2) is 6.93. The van der Waals surface area contributed by atoms with Gasteiger partial charge in [-0.15, -0.1) is 0 Å². The minimum atomic E-state index is -0.352. The van der Waals surface area contributed by atoms with Crippen LogP contribution in [0.2, 0.25) is 0 Å². The SMILES string of the molecule is O=C(Cn1c(=O)cnc2ccccc21)N1CCCCC1C1OCCO1. The van der Waals surface area contributed by atoms with Crippen LogP contribution in [0.25, 0.3) is 11.0 Å². The number of hydrogen-bond acceptors (Lipinski definition) is 5. The number of benzene rings is 1. The highest BCUT2D eigenvalue weighted by Gasteiger charge is 2.36. The smallest absolute Gasteiger partial charge is 0.269 e. The number of carbonyl (C=O) groups excluding carboxylic acids is 1. The first-order valence-corrected chi connectivity index (χ1v) is 8.71. The van der Waals surface area contributed by atoms with Crippen molar-refractivity contribution < 1.29 is 14.3 Å². The average molecular weight is 343 g/mol. The minimum absolute atomic E-state index is 0.00505. The zero-order valence-electron chi connectivity index (χ0n) is 14.0. The molecule has 2 aliphatic heterocycles. The summed E-state index contributed by atoms with van der Waals surface area (Å²) in [6.45, 7) is 1.81. The van der Waals surface area contributed by atoms with Crippen molar-refractivity contribution in [3.05, 3.63) is 40.8 Å². The molecule has 0 radical (unpaired) electrons. The number of fused-ring (bicyclic) bond motifs is 1. The van der Waals surface area contributed by atoms with Gasteiger partial charge in [-0.3, -0.25) is 14.2 Å². The van der Waals surface area contributed by atoms with E-state index in [-0.39, 0.29) is 30.3 Å². The van der Waals surface area contributed by atoms with Crippen LogP contribution in [-0.4, -0.2) is 52.4 Å². The number of para-hydroxylation sites is 2. The van der Waals surface area contributed by atoms with Crippen LogP contribution >= 0.6 is 0 Å². The summed E-state index contributed by atoms with van der Waals surface area (Å²) in [6.07, 6.45) is 3.79. The van der Waals surface area contributed by atoms with E-state index in [1.807, 2.05) is 29.2 Å². The first-order valence-electron chi connectivity index (χ1n) is 8.71. The molecule has 0 spiro atoms. The number of ether oxygens (including phenoxy) is 2. The summed E-state index contributed by atoms with van der Waals surface area (Å²) in [7, 11) is 0. The van der Waals surface area contributed by atoms with Gasteiger partial charge < -0.3 is 14.4 Å². The van der Waals surface area contributed by atoms with E-state index in [9.17, 15) is 9.59 Å². The third kappa shape index (κ3) is 3.17. The van der Waals surface area contributed by atoms with Crippen LogP contribution < -0.4 is 5.56 Å². The Kier molecular flexibility index (Phi) is 4.50. The van der Waals surface area contributed by atoms with Crippen molar-refractivity contribution in [3.8, 4) is 0 Å². The molecule has 1 aromatic carbocycles. The molecule has 0 aliphatic carbocycles. The molecule has 2 saturated heterocycles. The Morgan fingerprint density at radius 1 is 1.20 bits per heavy atom. The molecule has 0 bridgehead atoms. The maximum Gasteiger partial charge on any atom is 0.269 e. The zero-order valence-corrected chi connectivity index (χ0v) is 14.0. The molecule has 1 unspecified atom stereocenters. The molecule has 1 atom stereocenters. The molecule has 1 amide bonds. The van der Waals surface area contributed by atoms with E-state index in [4.69, 9.17) is 9.47 Å². The van der Waals surface area contributed by atoms with Crippen molar-refractivity contribution >= 4 is 16.9 Å². The number of amides is 1. The fourth-order valence-corrected chi connectivity index (χ4v) is 3.65. The van der Waals surface area contributed by atoms with E-state index >= 15 is 0 Å². The van der Waals surface area contributed by atoms with Crippen molar-refractivity contribution in [2.45, 2.75) is 38.1 Å². The average Bonchev–Trinajstić information content (AvgIpc) is 3.18. The molecule has 132 valence electrons. The van der Waals surface area contributed by atoms with E-state index < -0.39 is 0 Å². The van der Waals surface area contributed by atoms with Gasteiger partial charge >= 0.3 is 0 Å². The topological polar surface area (TPSA) is 73.7 Å². The maximum atomic E-state index is 13.0. The van der Waals surface area contributed by atoms with Gasteiger partial charge in [-0.2, -0.15) is 0 Å². The lowest BCUT2D eigenvalue weighted by molar-refractivity contribution is -0.151. The van der Waals surface area contributed by atoms with Gasteiger partial charge in [0.15, 0.2) is 6.29 Å². The molecular formula is C18H21N3O4. The quantitative estimate of drug-likeness (QED) is 0.836. The minimum Gasteiger partial charge on any atom is -0.348 e. The fraction of sp³-hybridized carbons (Fsp3) is 0.500. The van der Waals surface area contributed by atoms with E-state index in [0.29, 0.717) is 30.8 Å². The van der Waals surface area contributed by atoms with Crippen LogP contribution in [0.1, 0.15) is 19.3 Å². The highest BCUT2D eigenvalue weighted by atomic mass is 16.7. The molecule has 2 fully saturated rings. The van der Waals surface area contributed by atoms with Gasteiger partial charge in [-0.25, -0.2) is 4.98 Å². The van der Waals surface area contributed by atoms with Crippen LogP contribution in [0.5, 0.6) is 0 Å². The van der Waals surface area contributed by atoms with E-state index in [0.717, 1.165) is 19.3 Å². The molecular weight excluding hydrogens is 322 g/mol. The Labute approximate surface area is 145 Å². The molecule has 2 aromatic rings. The van der Waals surface area contributed by atoms with Crippen molar-refractivity contribution in [1.82, 2.24) is 14.5 Å². The Balaban J connectivity index is 1.60. The summed E-state index contributed by atoms with van der Waals surface area (Å²) in [5.41, 5.74) is 1.10. The summed E-state index contributed by atoms with van der Waals surface area (Å²) < 4.78 is 12.7. The van der Waals surface area contributed by atoms with Gasteiger partial charge in [0.05, 0.1) is 36.5 Å². The first-order chi connectivity index (χ1) is 12.2. The Morgan fingerprint density at radius 3 is 2.84 bits per heavy atom. The third-order valence-electron chi connectivity index (χ3n) is 4.88. The van der Waals surface area contributed by atoms with Crippen LogP contribution in [0.3, 0.4) is 0 Å². The number of piperidine rings is 1. The van der Waals surface area contributed by atoms with Crippen LogP contribution in [0.4, 0.5) is 0 Å². The van der Waals surface area contributed by atoms with E-state index in [1.54, 1.807) is 0 Å². The van der Waals surface area contributed by atoms with Crippen LogP contribution in [0, 0.1) is 0 Å².